The first kappa shape index (κ1) is 20.2. The first-order valence-electron chi connectivity index (χ1n) is 10.2. The SMILES string of the molecule is CC1C=C(C(=O)CCC2=Cc3ccccc3CC=C2)C=C[C@H]1C#CC(C)(C)C. The van der Waals surface area contributed by atoms with Gasteiger partial charge in [-0.2, -0.15) is 0 Å². The van der Waals surface area contributed by atoms with Crippen LogP contribution in [0.15, 0.2) is 65.8 Å². The minimum atomic E-state index is 0.00589. The van der Waals surface area contributed by atoms with Crippen LogP contribution in [0.5, 0.6) is 0 Å². The van der Waals surface area contributed by atoms with Crippen LogP contribution in [-0.4, -0.2) is 5.78 Å². The highest BCUT2D eigenvalue weighted by atomic mass is 16.1. The number of Topliss-reactive ketones (excluding diaryl/α,β-unsaturated/α-hetero) is 1. The van der Waals surface area contributed by atoms with Crippen LogP contribution in [0.3, 0.4) is 0 Å². The highest BCUT2D eigenvalue weighted by Crippen LogP contribution is 2.26. The number of hydrogen-bond acceptors (Lipinski definition) is 1. The lowest BCUT2D eigenvalue weighted by atomic mass is 9.84. The lowest BCUT2D eigenvalue weighted by molar-refractivity contribution is -0.115. The number of carbonyl (C=O) groups excluding carboxylic acids is 1. The van der Waals surface area contributed by atoms with Gasteiger partial charge in [-0.25, -0.2) is 0 Å². The maximum atomic E-state index is 12.7. The minimum absolute atomic E-state index is 0.00589. The lowest BCUT2D eigenvalue weighted by Crippen LogP contribution is -2.13. The van der Waals surface area contributed by atoms with Crippen molar-refractivity contribution < 1.29 is 4.79 Å². The van der Waals surface area contributed by atoms with Crippen molar-refractivity contribution in [1.29, 1.82) is 0 Å². The Morgan fingerprint density at radius 2 is 1.96 bits per heavy atom. The van der Waals surface area contributed by atoms with Gasteiger partial charge in [0.15, 0.2) is 5.78 Å². The van der Waals surface area contributed by atoms with E-state index in [9.17, 15) is 4.79 Å². The van der Waals surface area contributed by atoms with Gasteiger partial charge in [0, 0.05) is 23.3 Å². The number of allylic oxidation sites excluding steroid dienone is 7. The molecule has 0 heterocycles. The summed E-state index contributed by atoms with van der Waals surface area (Å²) in [7, 11) is 0. The topological polar surface area (TPSA) is 17.1 Å². The molecule has 0 fully saturated rings. The van der Waals surface area contributed by atoms with Crippen molar-refractivity contribution in [2.45, 2.75) is 47.0 Å². The monoisotopic (exact) mass is 370 g/mol. The van der Waals surface area contributed by atoms with E-state index in [4.69, 9.17) is 0 Å². The maximum absolute atomic E-state index is 12.7. The third-order valence-corrected chi connectivity index (χ3v) is 5.13. The van der Waals surface area contributed by atoms with Crippen LogP contribution in [0.25, 0.3) is 6.08 Å². The smallest absolute Gasteiger partial charge is 0.162 e. The molecule has 1 heteroatoms. The highest BCUT2D eigenvalue weighted by molar-refractivity contribution is 5.98. The predicted octanol–water partition coefficient (Wildman–Crippen LogP) is 6.33. The van der Waals surface area contributed by atoms with Crippen molar-refractivity contribution in [2.24, 2.45) is 17.3 Å². The van der Waals surface area contributed by atoms with E-state index < -0.39 is 0 Å². The van der Waals surface area contributed by atoms with Crippen LogP contribution in [0.4, 0.5) is 0 Å². The van der Waals surface area contributed by atoms with Gasteiger partial charge in [0.2, 0.25) is 0 Å². The standard InChI is InChI=1S/C27H30O/c1-20-18-25(14-13-22(20)16-17-27(2,3)4)26(28)15-12-21-8-7-11-23-9-5-6-10-24(23)19-21/h5-10,13-14,18-20,22H,11-12,15H2,1-4H3/t20?,22-/m0/s1. The quantitative estimate of drug-likeness (QED) is 0.566. The third kappa shape index (κ3) is 5.46. The molecule has 144 valence electrons. The zero-order chi connectivity index (χ0) is 20.1. The predicted molar refractivity (Wildman–Crippen MR) is 119 cm³/mol. The van der Waals surface area contributed by atoms with Crippen LogP contribution >= 0.6 is 0 Å². The summed E-state index contributed by atoms with van der Waals surface area (Å²) in [6.07, 6.45) is 15.0. The average molecular weight is 371 g/mol. The molecule has 1 aromatic carbocycles. The summed E-state index contributed by atoms with van der Waals surface area (Å²) >= 11 is 0. The molecule has 0 bridgehead atoms. The Morgan fingerprint density at radius 3 is 2.71 bits per heavy atom. The van der Waals surface area contributed by atoms with Crippen molar-refractivity contribution >= 4 is 11.9 Å². The Balaban J connectivity index is 1.62. The van der Waals surface area contributed by atoms with Crippen LogP contribution < -0.4 is 0 Å². The van der Waals surface area contributed by atoms with Gasteiger partial charge in [0.1, 0.15) is 0 Å². The normalized spacial score (nSPS) is 21.0. The Morgan fingerprint density at radius 1 is 1.18 bits per heavy atom. The number of rotatable bonds is 4. The van der Waals surface area contributed by atoms with E-state index in [2.05, 4.69) is 94.2 Å². The van der Waals surface area contributed by atoms with Crippen LogP contribution in [0.2, 0.25) is 0 Å². The van der Waals surface area contributed by atoms with Crippen molar-refractivity contribution in [3.8, 4) is 11.8 Å². The molecule has 2 atom stereocenters. The fourth-order valence-corrected chi connectivity index (χ4v) is 3.49. The van der Waals surface area contributed by atoms with Crippen molar-refractivity contribution in [1.82, 2.24) is 0 Å². The zero-order valence-corrected chi connectivity index (χ0v) is 17.5. The largest absolute Gasteiger partial charge is 0.294 e. The van der Waals surface area contributed by atoms with E-state index in [-0.39, 0.29) is 23.0 Å². The lowest BCUT2D eigenvalue weighted by Gasteiger charge is -2.19. The summed E-state index contributed by atoms with van der Waals surface area (Å²) in [5.74, 6) is 7.36. The Kier molecular flexibility index (Phi) is 6.20. The molecule has 0 amide bonds. The Bertz CT molecular complexity index is 919. The molecule has 1 unspecified atom stereocenters. The first-order valence-corrected chi connectivity index (χ1v) is 10.2. The molecule has 0 aliphatic heterocycles. The molecule has 0 aromatic heterocycles. The maximum Gasteiger partial charge on any atom is 0.162 e. The molecule has 1 nitrogen and oxygen atoms in total. The fourth-order valence-electron chi connectivity index (χ4n) is 3.49. The Labute approximate surface area is 169 Å². The van der Waals surface area contributed by atoms with Gasteiger partial charge in [0.25, 0.3) is 0 Å². The summed E-state index contributed by atoms with van der Waals surface area (Å²) < 4.78 is 0. The molecule has 0 N–H and O–H groups in total. The van der Waals surface area contributed by atoms with Crippen LogP contribution in [0, 0.1) is 29.1 Å². The highest BCUT2D eigenvalue weighted by Gasteiger charge is 2.19. The number of benzene rings is 1. The van der Waals surface area contributed by atoms with Gasteiger partial charge in [-0.05, 0) is 56.2 Å². The van der Waals surface area contributed by atoms with Crippen LogP contribution in [0.1, 0.15) is 51.7 Å². The number of ketones is 1. The summed E-state index contributed by atoms with van der Waals surface area (Å²) in [5, 5.41) is 0. The van der Waals surface area contributed by atoms with Crippen LogP contribution in [-0.2, 0) is 11.2 Å². The number of carbonyl (C=O) groups is 1. The first-order chi connectivity index (χ1) is 13.3. The molecule has 0 saturated heterocycles. The molecule has 0 saturated carbocycles. The third-order valence-electron chi connectivity index (χ3n) is 5.13. The molecule has 3 rings (SSSR count). The molecule has 0 spiro atoms. The van der Waals surface area contributed by atoms with Crippen molar-refractivity contribution in [2.75, 3.05) is 0 Å². The van der Waals surface area contributed by atoms with Gasteiger partial charge in [0.05, 0.1) is 0 Å². The average Bonchev–Trinajstić information content (AvgIpc) is 2.86. The molecular weight excluding hydrogens is 340 g/mol. The summed E-state index contributed by atoms with van der Waals surface area (Å²) in [6.45, 7) is 8.51. The van der Waals surface area contributed by atoms with E-state index in [1.54, 1.807) is 0 Å². The number of hydrogen-bond donors (Lipinski definition) is 0. The molecule has 2 aliphatic carbocycles. The van der Waals surface area contributed by atoms with Gasteiger partial charge >= 0.3 is 0 Å². The fraction of sp³-hybridized carbons (Fsp3) is 0.370. The molecule has 0 radical (unpaired) electrons. The second-order valence-corrected chi connectivity index (χ2v) is 8.83. The molecule has 28 heavy (non-hydrogen) atoms. The molecular formula is C27H30O. The second-order valence-electron chi connectivity index (χ2n) is 8.83. The number of fused-ring (bicyclic) bond motifs is 1. The summed E-state index contributed by atoms with van der Waals surface area (Å²) in [4.78, 5) is 12.7. The summed E-state index contributed by atoms with van der Waals surface area (Å²) in [6, 6.07) is 8.47. The second kappa shape index (κ2) is 8.61. The summed E-state index contributed by atoms with van der Waals surface area (Å²) in [5.41, 5.74) is 4.67. The van der Waals surface area contributed by atoms with Gasteiger partial charge in [-0.15, -0.1) is 0 Å². The van der Waals surface area contributed by atoms with Gasteiger partial charge in [-0.1, -0.05) is 79.5 Å². The minimum Gasteiger partial charge on any atom is -0.294 e. The van der Waals surface area contributed by atoms with E-state index in [0.717, 1.165) is 18.4 Å². The van der Waals surface area contributed by atoms with Gasteiger partial charge < -0.3 is 0 Å². The van der Waals surface area contributed by atoms with Crippen molar-refractivity contribution in [3.63, 3.8) is 0 Å². The molecule has 2 aliphatic rings. The van der Waals surface area contributed by atoms with E-state index in [0.29, 0.717) is 6.42 Å². The van der Waals surface area contributed by atoms with E-state index in [1.165, 1.54) is 16.7 Å². The van der Waals surface area contributed by atoms with Gasteiger partial charge in [-0.3, -0.25) is 4.79 Å². The van der Waals surface area contributed by atoms with E-state index >= 15 is 0 Å². The zero-order valence-electron chi connectivity index (χ0n) is 17.5. The van der Waals surface area contributed by atoms with E-state index in [1.807, 2.05) is 6.08 Å². The van der Waals surface area contributed by atoms with Crippen molar-refractivity contribution in [3.05, 3.63) is 76.9 Å². The molecule has 1 aromatic rings. The Hall–Kier alpha value is -2.59.